The molecule has 0 amide bonds. The third kappa shape index (κ3) is 18.0. The minimum Gasteiger partial charge on any atom is -0.292 e. The Morgan fingerprint density at radius 3 is 1.67 bits per heavy atom. The minimum absolute atomic E-state index is 0.699. The van der Waals surface area contributed by atoms with Gasteiger partial charge in [0.05, 0.1) is 13.2 Å². The summed E-state index contributed by atoms with van der Waals surface area (Å²) in [4.78, 5) is 0. The lowest BCUT2D eigenvalue weighted by molar-refractivity contribution is 0.309. The van der Waals surface area contributed by atoms with Gasteiger partial charge in [-0.25, -0.2) is 0 Å². The monoisotopic (exact) mass is 150 g/mol. The topological polar surface area (TPSA) is 18.5 Å². The Morgan fingerprint density at radius 2 is 1.44 bits per heavy atom. The Kier molecular flexibility index (Phi) is 20.5. The van der Waals surface area contributed by atoms with Crippen LogP contribution in [0.3, 0.4) is 0 Å². The van der Waals surface area contributed by atoms with E-state index in [1.165, 1.54) is 0 Å². The third-order valence-corrected chi connectivity index (χ3v) is 0.996. The van der Waals surface area contributed by atoms with Crippen molar-refractivity contribution in [2.75, 3.05) is 13.2 Å². The molecule has 0 heterocycles. The molecular weight excluding hydrogens is 136 g/mol. The largest absolute Gasteiger partial charge is 0.292 e. The van der Waals surface area contributed by atoms with Crippen molar-refractivity contribution < 1.29 is 8.37 Å². The highest BCUT2D eigenvalue weighted by atomic mass is 32.2. The average molecular weight is 150 g/mol. The first kappa shape index (κ1) is 11.8. The van der Waals surface area contributed by atoms with E-state index in [2.05, 4.69) is 13.2 Å². The van der Waals surface area contributed by atoms with Gasteiger partial charge >= 0.3 is 0 Å². The molecule has 0 aromatic carbocycles. The average Bonchev–Trinajstić information content (AvgIpc) is 1.94. The molecule has 0 aromatic heterocycles. The van der Waals surface area contributed by atoms with Crippen molar-refractivity contribution in [3.05, 3.63) is 13.2 Å². The predicted octanol–water partition coefficient (Wildman–Crippen LogP) is 2.42. The molecule has 0 radical (unpaired) electrons. The predicted molar refractivity (Wildman–Crippen MR) is 42.1 cm³/mol. The molecular formula is C6H14O2S. The molecule has 56 valence electrons. The van der Waals surface area contributed by atoms with Crippen LogP contribution in [0.2, 0.25) is 0 Å². The zero-order chi connectivity index (χ0) is 7.54. The number of rotatable bonds is 4. The molecule has 9 heavy (non-hydrogen) atoms. The van der Waals surface area contributed by atoms with Gasteiger partial charge in [0, 0.05) is 0 Å². The van der Waals surface area contributed by atoms with E-state index in [4.69, 9.17) is 8.37 Å². The smallest absolute Gasteiger partial charge is 0.158 e. The van der Waals surface area contributed by atoms with Crippen LogP contribution in [0.25, 0.3) is 0 Å². The van der Waals surface area contributed by atoms with Crippen LogP contribution < -0.4 is 0 Å². The SMILES string of the molecule is C=C.CCOSOCC. The lowest BCUT2D eigenvalue weighted by Gasteiger charge is -1.93. The summed E-state index contributed by atoms with van der Waals surface area (Å²) >= 11 is 1.05. The van der Waals surface area contributed by atoms with Crippen LogP contribution in [-0.2, 0) is 8.37 Å². The van der Waals surface area contributed by atoms with Gasteiger partial charge in [0.2, 0.25) is 0 Å². The van der Waals surface area contributed by atoms with Gasteiger partial charge in [-0.05, 0) is 13.8 Å². The molecule has 0 fully saturated rings. The normalized spacial score (nSPS) is 7.78. The fraction of sp³-hybridized carbons (Fsp3) is 0.667. The van der Waals surface area contributed by atoms with E-state index < -0.39 is 0 Å². The summed E-state index contributed by atoms with van der Waals surface area (Å²) in [7, 11) is 0. The third-order valence-electron chi connectivity index (χ3n) is 0.332. The summed E-state index contributed by atoms with van der Waals surface area (Å²) in [6, 6.07) is 0. The van der Waals surface area contributed by atoms with E-state index in [9.17, 15) is 0 Å². The summed E-state index contributed by atoms with van der Waals surface area (Å²) in [6.07, 6.45) is 0. The standard InChI is InChI=1S/C4H10O2S.C2H4/c1-3-5-7-6-4-2;1-2/h3-4H2,1-2H3;1-2H2. The molecule has 0 saturated carbocycles. The van der Waals surface area contributed by atoms with Crippen LogP contribution in [0, 0.1) is 0 Å². The van der Waals surface area contributed by atoms with Crippen LogP contribution in [0.4, 0.5) is 0 Å². The highest BCUT2D eigenvalue weighted by molar-refractivity contribution is 7.89. The van der Waals surface area contributed by atoms with E-state index in [-0.39, 0.29) is 0 Å². The first-order chi connectivity index (χ1) is 4.41. The van der Waals surface area contributed by atoms with E-state index in [1.54, 1.807) is 0 Å². The molecule has 0 aliphatic rings. The molecule has 0 rings (SSSR count). The van der Waals surface area contributed by atoms with Gasteiger partial charge in [-0.2, -0.15) is 0 Å². The van der Waals surface area contributed by atoms with Gasteiger partial charge in [-0.3, -0.25) is 8.37 Å². The lowest BCUT2D eigenvalue weighted by Crippen LogP contribution is -1.80. The highest BCUT2D eigenvalue weighted by Gasteiger charge is 1.79. The summed E-state index contributed by atoms with van der Waals surface area (Å²) in [6.45, 7) is 11.2. The van der Waals surface area contributed by atoms with Crippen LogP contribution in [-0.4, -0.2) is 13.2 Å². The Labute approximate surface area is 61.6 Å². The van der Waals surface area contributed by atoms with E-state index >= 15 is 0 Å². The molecule has 0 aromatic rings. The lowest BCUT2D eigenvalue weighted by atomic mass is 10.9. The molecule has 0 atom stereocenters. The highest BCUT2D eigenvalue weighted by Crippen LogP contribution is 2.01. The van der Waals surface area contributed by atoms with Gasteiger partial charge in [0.1, 0.15) is 0 Å². The summed E-state index contributed by atoms with van der Waals surface area (Å²) in [5.41, 5.74) is 0. The van der Waals surface area contributed by atoms with E-state index in [0.717, 1.165) is 12.3 Å². The minimum atomic E-state index is 0.699. The van der Waals surface area contributed by atoms with Gasteiger partial charge in [0.25, 0.3) is 0 Å². The van der Waals surface area contributed by atoms with Gasteiger partial charge in [0.15, 0.2) is 12.3 Å². The second kappa shape index (κ2) is 15.7. The van der Waals surface area contributed by atoms with Crippen molar-refractivity contribution in [2.24, 2.45) is 0 Å². The fourth-order valence-corrected chi connectivity index (χ4v) is 0.391. The van der Waals surface area contributed by atoms with E-state index in [1.807, 2.05) is 13.8 Å². The maximum absolute atomic E-state index is 4.77. The molecule has 0 unspecified atom stereocenters. The Hall–Kier alpha value is 0.01000. The molecule has 2 nitrogen and oxygen atoms in total. The first-order valence-electron chi connectivity index (χ1n) is 2.82. The molecule has 0 aliphatic heterocycles. The van der Waals surface area contributed by atoms with Crippen molar-refractivity contribution in [1.82, 2.24) is 0 Å². The second-order valence-corrected chi connectivity index (χ2v) is 1.49. The quantitative estimate of drug-likeness (QED) is 0.348. The van der Waals surface area contributed by atoms with Crippen LogP contribution in [0.15, 0.2) is 13.2 Å². The summed E-state index contributed by atoms with van der Waals surface area (Å²) in [5.74, 6) is 0. The van der Waals surface area contributed by atoms with Crippen molar-refractivity contribution in [1.29, 1.82) is 0 Å². The Morgan fingerprint density at radius 1 is 1.11 bits per heavy atom. The molecule has 0 bridgehead atoms. The number of hydrogen-bond acceptors (Lipinski definition) is 3. The van der Waals surface area contributed by atoms with Crippen LogP contribution in [0.1, 0.15) is 13.8 Å². The van der Waals surface area contributed by atoms with E-state index in [0.29, 0.717) is 13.2 Å². The summed E-state index contributed by atoms with van der Waals surface area (Å²) in [5, 5.41) is 0. The van der Waals surface area contributed by atoms with Crippen molar-refractivity contribution >= 4 is 12.3 Å². The van der Waals surface area contributed by atoms with Gasteiger partial charge < -0.3 is 0 Å². The van der Waals surface area contributed by atoms with Crippen molar-refractivity contribution in [2.45, 2.75) is 13.8 Å². The summed E-state index contributed by atoms with van der Waals surface area (Å²) < 4.78 is 9.54. The molecule has 0 saturated heterocycles. The van der Waals surface area contributed by atoms with Crippen LogP contribution in [0.5, 0.6) is 0 Å². The molecule has 0 aliphatic carbocycles. The molecule has 3 heteroatoms. The zero-order valence-electron chi connectivity index (χ0n) is 6.05. The maximum atomic E-state index is 4.77. The number of hydrogen-bond donors (Lipinski definition) is 0. The van der Waals surface area contributed by atoms with Gasteiger partial charge in [-0.1, -0.05) is 0 Å². The fourth-order valence-electron chi connectivity index (χ4n) is 0.130. The van der Waals surface area contributed by atoms with Crippen molar-refractivity contribution in [3.8, 4) is 0 Å². The zero-order valence-corrected chi connectivity index (χ0v) is 6.87. The second-order valence-electron chi connectivity index (χ2n) is 0.881. The molecule has 0 N–H and O–H groups in total. The Balaban J connectivity index is 0. The van der Waals surface area contributed by atoms with Crippen molar-refractivity contribution in [3.63, 3.8) is 0 Å². The Bertz CT molecular complexity index is 38.0. The maximum Gasteiger partial charge on any atom is 0.158 e. The molecule has 0 spiro atoms. The van der Waals surface area contributed by atoms with Gasteiger partial charge in [-0.15, -0.1) is 13.2 Å². The van der Waals surface area contributed by atoms with Crippen LogP contribution >= 0.6 is 12.3 Å². The first-order valence-corrected chi connectivity index (χ1v) is 3.49.